The first kappa shape index (κ1) is 15.2. The van der Waals surface area contributed by atoms with E-state index in [1.54, 1.807) is 0 Å². The van der Waals surface area contributed by atoms with Gasteiger partial charge in [-0.15, -0.1) is 11.6 Å². The molecule has 0 aliphatic heterocycles. The summed E-state index contributed by atoms with van der Waals surface area (Å²) in [6, 6.07) is 0. The van der Waals surface area contributed by atoms with E-state index in [9.17, 15) is 8.78 Å². The van der Waals surface area contributed by atoms with E-state index in [1.807, 2.05) is 13.8 Å². The maximum Gasteiger partial charge on any atom is 0.280 e. The molecule has 0 unspecified atom stereocenters. The molecule has 0 atom stereocenters. The second kappa shape index (κ2) is 6.38. The Hall–Kier alpha value is -0.810. The smallest absolute Gasteiger partial charge is 0.280 e. The van der Waals surface area contributed by atoms with Crippen LogP contribution in [0.5, 0.6) is 0 Å². The highest BCUT2D eigenvalue weighted by molar-refractivity contribution is 6.17. The maximum atomic E-state index is 12.9. The van der Waals surface area contributed by atoms with Crippen molar-refractivity contribution < 1.29 is 13.5 Å². The Balaban J connectivity index is 3.30. The quantitative estimate of drug-likeness (QED) is 0.742. The molecule has 0 saturated carbocycles. The van der Waals surface area contributed by atoms with E-state index in [4.69, 9.17) is 16.3 Å². The zero-order valence-electron chi connectivity index (χ0n) is 10.7. The van der Waals surface area contributed by atoms with Crippen LogP contribution in [0, 0.1) is 0 Å². The van der Waals surface area contributed by atoms with Crippen LogP contribution in [0.15, 0.2) is 6.20 Å². The molecule has 0 aliphatic carbocycles. The standard InChI is InChI=1S/C12H17ClF2N2O/c1-4-12(5-2,18-3)11-16-7-8(6-13)9(17-11)10(14)15/h7,10H,4-6H2,1-3H3. The lowest BCUT2D eigenvalue weighted by molar-refractivity contribution is -0.0298. The van der Waals surface area contributed by atoms with Crippen molar-refractivity contribution >= 4 is 11.6 Å². The Morgan fingerprint density at radius 1 is 1.39 bits per heavy atom. The van der Waals surface area contributed by atoms with Gasteiger partial charge in [0.25, 0.3) is 6.43 Å². The average Bonchev–Trinajstić information content (AvgIpc) is 2.41. The fraction of sp³-hybridized carbons (Fsp3) is 0.667. The molecular weight excluding hydrogens is 262 g/mol. The monoisotopic (exact) mass is 278 g/mol. The third-order valence-electron chi connectivity index (χ3n) is 3.19. The Bertz CT molecular complexity index is 389. The predicted molar refractivity (Wildman–Crippen MR) is 65.8 cm³/mol. The third kappa shape index (κ3) is 2.78. The van der Waals surface area contributed by atoms with Gasteiger partial charge in [0.15, 0.2) is 5.82 Å². The number of aromatic nitrogens is 2. The summed E-state index contributed by atoms with van der Waals surface area (Å²) in [6.45, 7) is 3.82. The number of nitrogens with zero attached hydrogens (tertiary/aromatic N) is 2. The zero-order valence-corrected chi connectivity index (χ0v) is 11.5. The van der Waals surface area contributed by atoms with Crippen molar-refractivity contribution in [3.05, 3.63) is 23.3 Å². The summed E-state index contributed by atoms with van der Waals surface area (Å²) in [6.07, 6.45) is -0.0781. The Labute approximate surface area is 111 Å². The minimum Gasteiger partial charge on any atom is -0.370 e. The molecule has 0 aromatic carbocycles. The SMILES string of the molecule is CCC(CC)(OC)c1ncc(CCl)c(C(F)F)n1. The molecule has 0 N–H and O–H groups in total. The molecule has 0 spiro atoms. The lowest BCUT2D eigenvalue weighted by Crippen LogP contribution is -2.30. The van der Waals surface area contributed by atoms with E-state index in [2.05, 4.69) is 9.97 Å². The van der Waals surface area contributed by atoms with E-state index >= 15 is 0 Å². The summed E-state index contributed by atoms with van der Waals surface area (Å²) in [4.78, 5) is 8.08. The van der Waals surface area contributed by atoms with Gasteiger partial charge in [0, 0.05) is 18.9 Å². The van der Waals surface area contributed by atoms with Crippen molar-refractivity contribution in [1.82, 2.24) is 9.97 Å². The highest BCUT2D eigenvalue weighted by Gasteiger charge is 2.32. The largest absolute Gasteiger partial charge is 0.370 e. The number of hydrogen-bond donors (Lipinski definition) is 0. The molecule has 0 aliphatic rings. The molecule has 6 heteroatoms. The van der Waals surface area contributed by atoms with Gasteiger partial charge in [-0.1, -0.05) is 13.8 Å². The topological polar surface area (TPSA) is 35.0 Å². The van der Waals surface area contributed by atoms with Crippen LogP contribution in [0.3, 0.4) is 0 Å². The van der Waals surface area contributed by atoms with Crippen molar-refractivity contribution in [3.8, 4) is 0 Å². The van der Waals surface area contributed by atoms with Gasteiger partial charge < -0.3 is 4.74 Å². The van der Waals surface area contributed by atoms with Crippen LogP contribution in [-0.2, 0) is 16.2 Å². The molecule has 0 bridgehead atoms. The fourth-order valence-electron chi connectivity index (χ4n) is 1.88. The van der Waals surface area contributed by atoms with Crippen LogP contribution in [0.1, 0.15) is 50.2 Å². The summed E-state index contributed by atoms with van der Waals surface area (Å²) in [7, 11) is 1.54. The van der Waals surface area contributed by atoms with Crippen LogP contribution in [0.25, 0.3) is 0 Å². The summed E-state index contributed by atoms with van der Waals surface area (Å²) < 4.78 is 31.2. The van der Waals surface area contributed by atoms with E-state index < -0.39 is 12.0 Å². The van der Waals surface area contributed by atoms with Crippen LogP contribution >= 0.6 is 11.6 Å². The Kier molecular flexibility index (Phi) is 5.41. The van der Waals surface area contributed by atoms with E-state index in [0.717, 1.165) is 0 Å². The number of ether oxygens (including phenoxy) is 1. The minimum atomic E-state index is -2.66. The summed E-state index contributed by atoms with van der Waals surface area (Å²) >= 11 is 5.60. The zero-order chi connectivity index (χ0) is 13.8. The van der Waals surface area contributed by atoms with Gasteiger partial charge in [-0.25, -0.2) is 18.7 Å². The summed E-state index contributed by atoms with van der Waals surface area (Å²) in [5.41, 5.74) is -0.764. The van der Waals surface area contributed by atoms with Gasteiger partial charge in [-0.05, 0) is 12.8 Å². The highest BCUT2D eigenvalue weighted by atomic mass is 35.5. The molecule has 1 aromatic rings. The van der Waals surface area contributed by atoms with Crippen molar-refractivity contribution in [2.75, 3.05) is 7.11 Å². The Morgan fingerprint density at radius 2 is 2.00 bits per heavy atom. The highest BCUT2D eigenvalue weighted by Crippen LogP contribution is 2.31. The molecule has 1 aromatic heterocycles. The fourth-order valence-corrected chi connectivity index (χ4v) is 2.08. The van der Waals surface area contributed by atoms with Crippen LogP contribution in [-0.4, -0.2) is 17.1 Å². The van der Waals surface area contributed by atoms with E-state index in [0.29, 0.717) is 18.7 Å². The molecule has 0 fully saturated rings. The number of methoxy groups -OCH3 is 1. The lowest BCUT2D eigenvalue weighted by atomic mass is 9.95. The van der Waals surface area contributed by atoms with Crippen molar-refractivity contribution in [2.45, 2.75) is 44.6 Å². The number of rotatable bonds is 6. The molecule has 0 radical (unpaired) electrons. The maximum absolute atomic E-state index is 12.9. The van der Waals surface area contributed by atoms with Crippen molar-refractivity contribution in [3.63, 3.8) is 0 Å². The number of hydrogen-bond acceptors (Lipinski definition) is 3. The van der Waals surface area contributed by atoms with Gasteiger partial charge in [-0.2, -0.15) is 0 Å². The first-order chi connectivity index (χ1) is 8.54. The van der Waals surface area contributed by atoms with Gasteiger partial charge in [0.05, 0.1) is 5.88 Å². The molecule has 102 valence electrons. The van der Waals surface area contributed by atoms with Crippen molar-refractivity contribution in [1.29, 1.82) is 0 Å². The van der Waals surface area contributed by atoms with Crippen molar-refractivity contribution in [2.24, 2.45) is 0 Å². The normalized spacial score (nSPS) is 12.2. The van der Waals surface area contributed by atoms with E-state index in [1.165, 1.54) is 13.3 Å². The molecule has 18 heavy (non-hydrogen) atoms. The third-order valence-corrected chi connectivity index (χ3v) is 3.48. The summed E-state index contributed by atoms with van der Waals surface area (Å²) in [5.74, 6) is 0.261. The second-order valence-electron chi connectivity index (χ2n) is 3.94. The number of halogens is 3. The molecule has 1 heterocycles. The van der Waals surface area contributed by atoms with Gasteiger partial charge >= 0.3 is 0 Å². The van der Waals surface area contributed by atoms with Gasteiger partial charge in [0.2, 0.25) is 0 Å². The average molecular weight is 279 g/mol. The predicted octanol–water partition coefficient (Wildman–Crippen LogP) is 3.81. The second-order valence-corrected chi connectivity index (χ2v) is 4.21. The molecule has 0 amide bonds. The Morgan fingerprint density at radius 3 is 2.39 bits per heavy atom. The van der Waals surface area contributed by atoms with Gasteiger partial charge in [-0.3, -0.25) is 0 Å². The minimum absolute atomic E-state index is 0.0296. The van der Waals surface area contributed by atoms with Crippen LogP contribution in [0.4, 0.5) is 8.78 Å². The molecule has 1 rings (SSSR count). The van der Waals surface area contributed by atoms with Crippen LogP contribution < -0.4 is 0 Å². The molecule has 0 saturated heterocycles. The van der Waals surface area contributed by atoms with E-state index in [-0.39, 0.29) is 17.1 Å². The molecule has 3 nitrogen and oxygen atoms in total. The first-order valence-corrected chi connectivity index (χ1v) is 6.33. The lowest BCUT2D eigenvalue weighted by Gasteiger charge is -2.28. The van der Waals surface area contributed by atoms with Crippen LogP contribution in [0.2, 0.25) is 0 Å². The first-order valence-electron chi connectivity index (χ1n) is 5.80. The summed E-state index contributed by atoms with van der Waals surface area (Å²) in [5, 5.41) is 0. The van der Waals surface area contributed by atoms with Gasteiger partial charge in [0.1, 0.15) is 11.3 Å². The molecular formula is C12H17ClF2N2O. The number of alkyl halides is 3.